The number of Topliss-reactive ketones (excluding diaryl/α,β-unsaturated/α-hetero) is 2. The van der Waals surface area contributed by atoms with Gasteiger partial charge in [0.05, 0.1) is 11.0 Å². The number of halogens is 2. The Balaban J connectivity index is 2.98. The van der Waals surface area contributed by atoms with Crippen LogP contribution in [0, 0.1) is 21.4 Å². The molecule has 0 aliphatic rings. The van der Waals surface area contributed by atoms with Gasteiger partial charge in [0.15, 0.2) is 0 Å². The highest BCUT2D eigenvalue weighted by molar-refractivity contribution is 6.54. The average molecular weight is 329 g/mol. The zero-order valence-electron chi connectivity index (χ0n) is 10.7. The number of carbonyl (C=O) groups is 2. The third-order valence-corrected chi connectivity index (χ3v) is 3.31. The Morgan fingerprint density at radius 3 is 2.67 bits per heavy atom. The van der Waals surface area contributed by atoms with Gasteiger partial charge in [0, 0.05) is 17.5 Å². The van der Waals surface area contributed by atoms with Crippen molar-refractivity contribution < 1.29 is 14.5 Å². The normalized spacial score (nSPS) is 11.5. The Morgan fingerprint density at radius 2 is 2.10 bits per heavy atom. The average Bonchev–Trinajstić information content (AvgIpc) is 2.45. The quantitative estimate of drug-likeness (QED) is 0.191. The summed E-state index contributed by atoms with van der Waals surface area (Å²) < 4.78 is 0. The standard InChI is InChI=1S/C13H10Cl2N2O4/c14-8-4-5-11(17(20)21)9(7-8)12(18)13(19)10(15)3-1-2-6-16/h4-5,7,10H,1-3H2. The van der Waals surface area contributed by atoms with Crippen LogP contribution >= 0.6 is 23.2 Å². The number of benzene rings is 1. The second-order valence-corrected chi connectivity index (χ2v) is 5.09. The largest absolute Gasteiger partial charge is 0.289 e. The first-order valence-electron chi connectivity index (χ1n) is 5.92. The summed E-state index contributed by atoms with van der Waals surface area (Å²) in [5, 5.41) is 18.3. The number of nitrogens with zero attached hydrogens (tertiary/aromatic N) is 2. The van der Waals surface area contributed by atoms with E-state index >= 15 is 0 Å². The van der Waals surface area contributed by atoms with Gasteiger partial charge in [0.25, 0.3) is 5.69 Å². The van der Waals surface area contributed by atoms with Gasteiger partial charge in [-0.3, -0.25) is 19.7 Å². The molecule has 1 aromatic carbocycles. The maximum atomic E-state index is 12.0. The van der Waals surface area contributed by atoms with Gasteiger partial charge in [0.2, 0.25) is 11.6 Å². The minimum Gasteiger partial charge on any atom is -0.289 e. The molecule has 0 amide bonds. The van der Waals surface area contributed by atoms with E-state index in [1.54, 1.807) is 0 Å². The highest BCUT2D eigenvalue weighted by Gasteiger charge is 2.29. The second-order valence-electron chi connectivity index (χ2n) is 4.13. The zero-order chi connectivity index (χ0) is 16.0. The van der Waals surface area contributed by atoms with Crippen LogP contribution in [0.1, 0.15) is 29.6 Å². The smallest absolute Gasteiger partial charge is 0.280 e. The molecule has 1 unspecified atom stereocenters. The second kappa shape index (κ2) is 7.72. The number of alkyl halides is 1. The van der Waals surface area contributed by atoms with Crippen molar-refractivity contribution in [2.24, 2.45) is 0 Å². The van der Waals surface area contributed by atoms with E-state index in [0.29, 0.717) is 6.42 Å². The molecule has 0 aliphatic heterocycles. The summed E-state index contributed by atoms with van der Waals surface area (Å²) in [4.78, 5) is 34.0. The Bertz CT molecular complexity index is 625. The van der Waals surface area contributed by atoms with E-state index in [0.717, 1.165) is 12.1 Å². The first-order chi connectivity index (χ1) is 9.88. The van der Waals surface area contributed by atoms with Crippen LogP contribution in [0.5, 0.6) is 0 Å². The van der Waals surface area contributed by atoms with Gasteiger partial charge in [-0.05, 0) is 25.0 Å². The van der Waals surface area contributed by atoms with Crippen LogP contribution < -0.4 is 0 Å². The molecule has 0 radical (unpaired) electrons. The number of hydrogen-bond acceptors (Lipinski definition) is 5. The number of unbranched alkanes of at least 4 members (excludes halogenated alkanes) is 1. The molecular weight excluding hydrogens is 319 g/mol. The molecule has 0 bridgehead atoms. The maximum absolute atomic E-state index is 12.0. The highest BCUT2D eigenvalue weighted by atomic mass is 35.5. The molecule has 1 aromatic rings. The number of nitro benzene ring substituents is 1. The van der Waals surface area contributed by atoms with Crippen molar-refractivity contribution in [2.75, 3.05) is 0 Å². The number of rotatable bonds is 7. The molecule has 1 atom stereocenters. The lowest BCUT2D eigenvalue weighted by atomic mass is 10.0. The van der Waals surface area contributed by atoms with E-state index in [2.05, 4.69) is 0 Å². The van der Waals surface area contributed by atoms with Crippen LogP contribution in [0.15, 0.2) is 18.2 Å². The van der Waals surface area contributed by atoms with Gasteiger partial charge in [0.1, 0.15) is 10.9 Å². The van der Waals surface area contributed by atoms with Crippen LogP contribution in [0.2, 0.25) is 5.02 Å². The summed E-state index contributed by atoms with van der Waals surface area (Å²) in [5.74, 6) is -2.00. The number of nitro groups is 1. The van der Waals surface area contributed by atoms with Crippen molar-refractivity contribution in [3.63, 3.8) is 0 Å². The van der Waals surface area contributed by atoms with Crippen LogP contribution in [0.4, 0.5) is 5.69 Å². The summed E-state index contributed by atoms with van der Waals surface area (Å²) in [5.41, 5.74) is -0.887. The lowest BCUT2D eigenvalue weighted by molar-refractivity contribution is -0.385. The third kappa shape index (κ3) is 4.52. The molecule has 21 heavy (non-hydrogen) atoms. The van der Waals surface area contributed by atoms with E-state index in [4.69, 9.17) is 28.5 Å². The highest BCUT2D eigenvalue weighted by Crippen LogP contribution is 2.24. The molecule has 0 heterocycles. The maximum Gasteiger partial charge on any atom is 0.280 e. The predicted molar refractivity (Wildman–Crippen MR) is 76.5 cm³/mol. The minimum atomic E-state index is -1.12. The first-order valence-corrected chi connectivity index (χ1v) is 6.73. The molecule has 0 saturated carbocycles. The Morgan fingerprint density at radius 1 is 1.43 bits per heavy atom. The van der Waals surface area contributed by atoms with E-state index in [1.807, 2.05) is 6.07 Å². The number of hydrogen-bond donors (Lipinski definition) is 0. The fraction of sp³-hybridized carbons (Fsp3) is 0.308. The molecule has 0 saturated heterocycles. The molecule has 6 nitrogen and oxygen atoms in total. The molecule has 0 spiro atoms. The summed E-state index contributed by atoms with van der Waals surface area (Å²) >= 11 is 11.5. The fourth-order valence-electron chi connectivity index (χ4n) is 1.62. The summed E-state index contributed by atoms with van der Waals surface area (Å²) in [7, 11) is 0. The molecule has 8 heteroatoms. The van der Waals surface area contributed by atoms with Gasteiger partial charge in [-0.25, -0.2) is 0 Å². The molecule has 0 aromatic heterocycles. The zero-order valence-corrected chi connectivity index (χ0v) is 12.2. The van der Waals surface area contributed by atoms with E-state index < -0.39 is 27.6 Å². The molecule has 0 aliphatic carbocycles. The Labute approximate surface area is 130 Å². The topological polar surface area (TPSA) is 101 Å². The van der Waals surface area contributed by atoms with Crippen molar-refractivity contribution >= 4 is 40.5 Å². The van der Waals surface area contributed by atoms with Crippen molar-refractivity contribution in [2.45, 2.75) is 24.6 Å². The van der Waals surface area contributed by atoms with E-state index in [-0.39, 0.29) is 23.4 Å². The van der Waals surface area contributed by atoms with Gasteiger partial charge in [-0.15, -0.1) is 11.6 Å². The first kappa shape index (κ1) is 17.1. The molecule has 0 fully saturated rings. The lowest BCUT2D eigenvalue weighted by Gasteiger charge is -2.07. The van der Waals surface area contributed by atoms with E-state index in [9.17, 15) is 19.7 Å². The monoisotopic (exact) mass is 328 g/mol. The summed E-state index contributed by atoms with van der Waals surface area (Å²) in [6.07, 6.45) is 0.720. The van der Waals surface area contributed by atoms with Gasteiger partial charge < -0.3 is 0 Å². The van der Waals surface area contributed by atoms with Crippen molar-refractivity contribution in [3.05, 3.63) is 38.9 Å². The SMILES string of the molecule is N#CCCCC(Cl)C(=O)C(=O)c1cc(Cl)ccc1[N+](=O)[O-]. The van der Waals surface area contributed by atoms with Crippen LogP contribution in [-0.2, 0) is 4.79 Å². The van der Waals surface area contributed by atoms with Crippen molar-refractivity contribution in [3.8, 4) is 6.07 Å². The number of carbonyl (C=O) groups excluding carboxylic acids is 2. The molecule has 0 N–H and O–H groups in total. The summed E-state index contributed by atoms with van der Waals surface area (Å²) in [6.45, 7) is 0. The van der Waals surface area contributed by atoms with E-state index in [1.165, 1.54) is 6.07 Å². The van der Waals surface area contributed by atoms with Crippen molar-refractivity contribution in [1.29, 1.82) is 5.26 Å². The lowest BCUT2D eigenvalue weighted by Crippen LogP contribution is -2.25. The van der Waals surface area contributed by atoms with Crippen LogP contribution in [0.3, 0.4) is 0 Å². The van der Waals surface area contributed by atoms with Crippen LogP contribution in [-0.4, -0.2) is 21.9 Å². The van der Waals surface area contributed by atoms with Crippen LogP contribution in [0.25, 0.3) is 0 Å². The molecule has 1 rings (SSSR count). The predicted octanol–water partition coefficient (Wildman–Crippen LogP) is 3.30. The minimum absolute atomic E-state index is 0.104. The Hall–Kier alpha value is -1.97. The molecular formula is C13H10Cl2N2O4. The Kier molecular flexibility index (Phi) is 6.28. The number of ketones is 2. The third-order valence-electron chi connectivity index (χ3n) is 2.65. The van der Waals surface area contributed by atoms with Gasteiger partial charge >= 0.3 is 0 Å². The fourth-order valence-corrected chi connectivity index (χ4v) is 2.04. The number of nitriles is 1. The summed E-state index contributed by atoms with van der Waals surface area (Å²) in [6, 6.07) is 5.27. The van der Waals surface area contributed by atoms with Gasteiger partial charge in [-0.2, -0.15) is 5.26 Å². The molecule has 110 valence electrons. The van der Waals surface area contributed by atoms with Crippen molar-refractivity contribution in [1.82, 2.24) is 0 Å². The van der Waals surface area contributed by atoms with Gasteiger partial charge in [-0.1, -0.05) is 11.6 Å².